The minimum atomic E-state index is -0.950. The van der Waals surface area contributed by atoms with Crippen LogP contribution in [-0.4, -0.2) is 42.3 Å². The van der Waals surface area contributed by atoms with Gasteiger partial charge in [0.05, 0.1) is 7.11 Å². The van der Waals surface area contributed by atoms with Crippen molar-refractivity contribution < 1.29 is 19.4 Å². The zero-order chi connectivity index (χ0) is 22.9. The summed E-state index contributed by atoms with van der Waals surface area (Å²) in [6.45, 7) is 0.248. The molecule has 3 rings (SSSR count). The third-order valence-corrected chi connectivity index (χ3v) is 5.82. The second-order valence-corrected chi connectivity index (χ2v) is 7.90. The molecule has 0 radical (unpaired) electrons. The normalized spacial score (nSPS) is 12.7. The molecule has 0 aliphatic rings. The van der Waals surface area contributed by atoms with E-state index in [2.05, 4.69) is 17.9 Å². The molecule has 0 aromatic heterocycles. The Hall–Kier alpha value is -3.09. The maximum Gasteiger partial charge on any atom is 0.321 e. The third kappa shape index (κ3) is 6.22. The average molecular weight is 450 g/mol. The van der Waals surface area contributed by atoms with E-state index in [0.717, 1.165) is 22.4 Å². The molecule has 6 heteroatoms. The van der Waals surface area contributed by atoms with Gasteiger partial charge in [0.15, 0.2) is 5.78 Å². The molecule has 0 saturated heterocycles. The highest BCUT2D eigenvalue weighted by molar-refractivity contribution is 7.80. The van der Waals surface area contributed by atoms with Crippen molar-refractivity contribution >= 4 is 24.4 Å². The van der Waals surface area contributed by atoms with Gasteiger partial charge in [-0.15, -0.1) is 0 Å². The largest absolute Gasteiger partial charge is 0.497 e. The molecule has 0 aliphatic heterocycles. The lowest BCUT2D eigenvalue weighted by Crippen LogP contribution is -2.43. The summed E-state index contributed by atoms with van der Waals surface area (Å²) in [4.78, 5) is 24.5. The SMILES string of the molecule is COc1ccc(-c2ccc(C[C@H](NCC(CS)C(=O)c3ccccc3)C(=O)O)cc2)cc1. The summed E-state index contributed by atoms with van der Waals surface area (Å²) in [5.74, 6) is -0.259. The molecular weight excluding hydrogens is 422 g/mol. The van der Waals surface area contributed by atoms with Crippen LogP contribution in [0.1, 0.15) is 15.9 Å². The number of ketones is 1. The van der Waals surface area contributed by atoms with Crippen LogP contribution in [0.5, 0.6) is 5.75 Å². The first-order chi connectivity index (χ1) is 15.5. The van der Waals surface area contributed by atoms with E-state index in [-0.39, 0.29) is 12.3 Å². The van der Waals surface area contributed by atoms with E-state index in [0.29, 0.717) is 17.7 Å². The lowest BCUT2D eigenvalue weighted by atomic mass is 9.97. The van der Waals surface area contributed by atoms with Crippen LogP contribution >= 0.6 is 12.6 Å². The van der Waals surface area contributed by atoms with Crippen LogP contribution in [0.2, 0.25) is 0 Å². The summed E-state index contributed by atoms with van der Waals surface area (Å²) in [5, 5.41) is 12.7. The fraction of sp³-hybridized carbons (Fsp3) is 0.231. The van der Waals surface area contributed by atoms with E-state index in [4.69, 9.17) is 4.74 Å². The van der Waals surface area contributed by atoms with Gasteiger partial charge >= 0.3 is 5.97 Å². The van der Waals surface area contributed by atoms with Gasteiger partial charge in [0.25, 0.3) is 0 Å². The van der Waals surface area contributed by atoms with Gasteiger partial charge in [0.2, 0.25) is 0 Å². The average Bonchev–Trinajstić information content (AvgIpc) is 2.84. The van der Waals surface area contributed by atoms with Crippen molar-refractivity contribution in [3.05, 3.63) is 90.0 Å². The minimum absolute atomic E-state index is 0.0407. The minimum Gasteiger partial charge on any atom is -0.497 e. The van der Waals surface area contributed by atoms with E-state index >= 15 is 0 Å². The molecule has 2 N–H and O–H groups in total. The number of ether oxygens (including phenoxy) is 1. The fourth-order valence-corrected chi connectivity index (χ4v) is 3.76. The zero-order valence-electron chi connectivity index (χ0n) is 17.9. The molecule has 32 heavy (non-hydrogen) atoms. The van der Waals surface area contributed by atoms with Crippen molar-refractivity contribution in [1.82, 2.24) is 5.32 Å². The summed E-state index contributed by atoms with van der Waals surface area (Å²) in [5.41, 5.74) is 3.61. The molecule has 0 saturated carbocycles. The molecule has 166 valence electrons. The lowest BCUT2D eigenvalue weighted by molar-refractivity contribution is -0.139. The first-order valence-corrected chi connectivity index (χ1v) is 11.0. The Labute approximate surface area is 193 Å². The number of rotatable bonds is 11. The fourth-order valence-electron chi connectivity index (χ4n) is 3.46. The van der Waals surface area contributed by atoms with Crippen molar-refractivity contribution in [3.8, 4) is 16.9 Å². The summed E-state index contributed by atoms with van der Waals surface area (Å²) >= 11 is 4.30. The van der Waals surface area contributed by atoms with E-state index in [1.165, 1.54) is 0 Å². The summed E-state index contributed by atoms with van der Waals surface area (Å²) in [6.07, 6.45) is 0.317. The van der Waals surface area contributed by atoms with E-state index in [1.807, 2.05) is 66.7 Å². The molecule has 1 unspecified atom stereocenters. The number of hydrogen-bond donors (Lipinski definition) is 3. The molecule has 0 bridgehead atoms. The van der Waals surface area contributed by atoms with Gasteiger partial charge in [-0.1, -0.05) is 66.7 Å². The molecule has 0 heterocycles. The number of thiol groups is 1. The number of carbonyl (C=O) groups is 2. The molecule has 0 spiro atoms. The highest BCUT2D eigenvalue weighted by atomic mass is 32.1. The number of methoxy groups -OCH3 is 1. The number of benzene rings is 3. The molecule has 2 atom stereocenters. The first-order valence-electron chi connectivity index (χ1n) is 10.4. The second kappa shape index (κ2) is 11.5. The van der Waals surface area contributed by atoms with Gasteiger partial charge in [-0.25, -0.2) is 0 Å². The zero-order valence-corrected chi connectivity index (χ0v) is 18.8. The van der Waals surface area contributed by atoms with Crippen LogP contribution in [0.25, 0.3) is 11.1 Å². The van der Waals surface area contributed by atoms with Crippen molar-refractivity contribution in [2.24, 2.45) is 5.92 Å². The number of carboxylic acid groups (broad SMARTS) is 1. The highest BCUT2D eigenvalue weighted by Crippen LogP contribution is 2.23. The van der Waals surface area contributed by atoms with Crippen LogP contribution < -0.4 is 10.1 Å². The molecule has 5 nitrogen and oxygen atoms in total. The van der Waals surface area contributed by atoms with Gasteiger partial charge in [0.1, 0.15) is 11.8 Å². The predicted molar refractivity (Wildman–Crippen MR) is 130 cm³/mol. The van der Waals surface area contributed by atoms with Crippen LogP contribution in [0, 0.1) is 5.92 Å². The van der Waals surface area contributed by atoms with Crippen molar-refractivity contribution in [2.75, 3.05) is 19.4 Å². The number of carbonyl (C=O) groups excluding carboxylic acids is 1. The third-order valence-electron chi connectivity index (χ3n) is 5.38. The van der Waals surface area contributed by atoms with Gasteiger partial charge < -0.3 is 15.2 Å². The topological polar surface area (TPSA) is 75.6 Å². The smallest absolute Gasteiger partial charge is 0.321 e. The van der Waals surface area contributed by atoms with Gasteiger partial charge in [0, 0.05) is 23.8 Å². The van der Waals surface area contributed by atoms with Crippen molar-refractivity contribution in [3.63, 3.8) is 0 Å². The Morgan fingerprint density at radius 1 is 0.938 bits per heavy atom. The quantitative estimate of drug-likeness (QED) is 0.299. The molecule has 0 amide bonds. The molecular formula is C26H27NO4S. The van der Waals surface area contributed by atoms with Crippen LogP contribution in [0.3, 0.4) is 0 Å². The number of Topliss-reactive ketones (excluding diaryl/α,β-unsaturated/α-hetero) is 1. The molecule has 0 fully saturated rings. The summed E-state index contributed by atoms with van der Waals surface area (Å²) in [7, 11) is 1.63. The maximum atomic E-state index is 12.7. The van der Waals surface area contributed by atoms with E-state index in [1.54, 1.807) is 19.2 Å². The van der Waals surface area contributed by atoms with E-state index in [9.17, 15) is 14.7 Å². The predicted octanol–water partition coefficient (Wildman–Crippen LogP) is 4.38. The van der Waals surface area contributed by atoms with Gasteiger partial charge in [-0.05, 0) is 35.2 Å². The Morgan fingerprint density at radius 3 is 2.06 bits per heavy atom. The van der Waals surface area contributed by atoms with Crippen LogP contribution in [0.4, 0.5) is 0 Å². The van der Waals surface area contributed by atoms with Gasteiger partial charge in [-0.2, -0.15) is 12.6 Å². The Bertz CT molecular complexity index is 1020. The highest BCUT2D eigenvalue weighted by Gasteiger charge is 2.23. The molecule has 3 aromatic carbocycles. The van der Waals surface area contributed by atoms with Crippen LogP contribution in [0.15, 0.2) is 78.9 Å². The Balaban J connectivity index is 1.63. The monoisotopic (exact) mass is 449 g/mol. The number of carboxylic acids is 1. The van der Waals surface area contributed by atoms with Crippen molar-refractivity contribution in [1.29, 1.82) is 0 Å². The summed E-state index contributed by atoms with van der Waals surface area (Å²) < 4.78 is 5.19. The van der Waals surface area contributed by atoms with E-state index < -0.39 is 17.9 Å². The van der Waals surface area contributed by atoms with Gasteiger partial charge in [-0.3, -0.25) is 9.59 Å². The van der Waals surface area contributed by atoms with Crippen LogP contribution in [-0.2, 0) is 11.2 Å². The lowest BCUT2D eigenvalue weighted by Gasteiger charge is -2.19. The number of aliphatic carboxylic acids is 1. The summed E-state index contributed by atoms with van der Waals surface area (Å²) in [6, 6.07) is 23.8. The molecule has 3 aromatic rings. The second-order valence-electron chi connectivity index (χ2n) is 7.54. The Morgan fingerprint density at radius 2 is 1.53 bits per heavy atom. The molecule has 0 aliphatic carbocycles. The standard InChI is InChI=1S/C26H27NO4S/c1-31-23-13-11-20(12-14-23)19-9-7-18(8-10-19)15-24(26(29)30)27-16-22(17-32)25(28)21-5-3-2-4-6-21/h2-14,22,24,27,32H,15-17H2,1H3,(H,29,30)/t22?,24-/m0/s1. The maximum absolute atomic E-state index is 12.7. The Kier molecular flexibility index (Phi) is 8.48. The number of hydrogen-bond acceptors (Lipinski definition) is 5. The van der Waals surface area contributed by atoms with Crippen molar-refractivity contribution in [2.45, 2.75) is 12.5 Å². The first kappa shape index (κ1) is 23.6. The number of nitrogens with one attached hydrogen (secondary N) is 1.